The summed E-state index contributed by atoms with van der Waals surface area (Å²) in [7, 11) is 0. The summed E-state index contributed by atoms with van der Waals surface area (Å²) in [6.45, 7) is 6.64. The van der Waals surface area contributed by atoms with Crippen molar-refractivity contribution in [3.63, 3.8) is 0 Å². The zero-order valence-electron chi connectivity index (χ0n) is 15.9. The minimum atomic E-state index is -0.0767. The van der Waals surface area contributed by atoms with Crippen molar-refractivity contribution in [2.45, 2.75) is 38.5 Å². The van der Waals surface area contributed by atoms with Gasteiger partial charge in [-0.15, -0.1) is 11.3 Å². The van der Waals surface area contributed by atoms with Crippen LogP contribution < -0.4 is 10.9 Å². The number of carbonyl (C=O) groups excluding carboxylic acids is 1. The highest BCUT2D eigenvalue weighted by Gasteiger charge is 2.16. The Kier molecular flexibility index (Phi) is 6.95. The van der Waals surface area contributed by atoms with Gasteiger partial charge in [0.15, 0.2) is 5.16 Å². The highest BCUT2D eigenvalue weighted by Crippen LogP contribution is 2.22. The number of nitrogens with zero attached hydrogens (tertiary/aromatic N) is 2. The van der Waals surface area contributed by atoms with Crippen LogP contribution in [0.2, 0.25) is 0 Å². The fourth-order valence-electron chi connectivity index (χ4n) is 2.83. The molecular weight excluding hydrogens is 458 g/mol. The second-order valence-corrected chi connectivity index (χ2v) is 9.80. The average Bonchev–Trinajstić information content (AvgIpc) is 3.18. The Labute approximate surface area is 180 Å². The fourth-order valence-corrected chi connectivity index (χ4v) is 4.75. The van der Waals surface area contributed by atoms with E-state index in [1.54, 1.807) is 22.0 Å². The summed E-state index contributed by atoms with van der Waals surface area (Å²) in [5.74, 6) is 0.422. The first-order chi connectivity index (χ1) is 13.3. The van der Waals surface area contributed by atoms with Gasteiger partial charge in [0.2, 0.25) is 5.91 Å². The first-order valence-corrected chi connectivity index (χ1v) is 11.7. The van der Waals surface area contributed by atoms with Crippen LogP contribution in [0.3, 0.4) is 0 Å². The molecule has 1 N–H and O–H groups in total. The summed E-state index contributed by atoms with van der Waals surface area (Å²) in [6, 6.07) is 9.43. The molecular formula is C20H22BrN3O2S2. The van der Waals surface area contributed by atoms with E-state index < -0.39 is 0 Å². The number of thiophene rings is 1. The molecule has 0 aliphatic rings. The van der Waals surface area contributed by atoms with Crippen LogP contribution in [-0.4, -0.2) is 21.2 Å². The SMILES string of the molecule is CC(C)Cn1c(SCC(=O)NC(C)c2cccs2)nc2ccc(Br)cc2c1=O. The predicted molar refractivity (Wildman–Crippen MR) is 120 cm³/mol. The molecule has 0 spiro atoms. The molecule has 1 aromatic carbocycles. The van der Waals surface area contributed by atoms with Gasteiger partial charge in [0.25, 0.3) is 5.56 Å². The maximum atomic E-state index is 13.0. The maximum Gasteiger partial charge on any atom is 0.262 e. The minimum absolute atomic E-state index is 0.0344. The maximum absolute atomic E-state index is 13.0. The molecule has 0 radical (unpaired) electrons. The van der Waals surface area contributed by atoms with Gasteiger partial charge < -0.3 is 5.32 Å². The van der Waals surface area contributed by atoms with Gasteiger partial charge in [0.05, 0.1) is 22.7 Å². The van der Waals surface area contributed by atoms with Gasteiger partial charge in [-0.05, 0) is 42.5 Å². The number of hydrogen-bond acceptors (Lipinski definition) is 5. The molecule has 1 unspecified atom stereocenters. The van der Waals surface area contributed by atoms with Gasteiger partial charge in [-0.1, -0.05) is 47.6 Å². The van der Waals surface area contributed by atoms with Crippen LogP contribution in [0.15, 0.2) is 50.1 Å². The van der Waals surface area contributed by atoms with Crippen molar-refractivity contribution in [1.29, 1.82) is 0 Å². The van der Waals surface area contributed by atoms with E-state index in [-0.39, 0.29) is 29.2 Å². The lowest BCUT2D eigenvalue weighted by atomic mass is 10.2. The van der Waals surface area contributed by atoms with Crippen LogP contribution in [0.25, 0.3) is 10.9 Å². The quantitative estimate of drug-likeness (QED) is 0.388. The fraction of sp³-hybridized carbons (Fsp3) is 0.350. The zero-order chi connectivity index (χ0) is 20.3. The number of rotatable bonds is 7. The molecule has 148 valence electrons. The number of benzene rings is 1. The highest BCUT2D eigenvalue weighted by molar-refractivity contribution is 9.10. The number of carbonyl (C=O) groups is 1. The lowest BCUT2D eigenvalue weighted by Crippen LogP contribution is -2.29. The third-order valence-electron chi connectivity index (χ3n) is 4.11. The van der Waals surface area contributed by atoms with Gasteiger partial charge >= 0.3 is 0 Å². The summed E-state index contributed by atoms with van der Waals surface area (Å²) in [6.07, 6.45) is 0. The molecule has 0 aliphatic carbocycles. The third kappa shape index (κ3) is 5.04. The van der Waals surface area contributed by atoms with Gasteiger partial charge in [-0.25, -0.2) is 4.98 Å². The molecule has 28 heavy (non-hydrogen) atoms. The van der Waals surface area contributed by atoms with Crippen molar-refractivity contribution in [2.24, 2.45) is 5.92 Å². The number of nitrogens with one attached hydrogen (secondary N) is 1. The summed E-state index contributed by atoms with van der Waals surface area (Å²) < 4.78 is 2.53. The summed E-state index contributed by atoms with van der Waals surface area (Å²) in [5, 5.41) is 6.15. The second kappa shape index (κ2) is 9.24. The summed E-state index contributed by atoms with van der Waals surface area (Å²) >= 11 is 6.34. The van der Waals surface area contributed by atoms with Gasteiger partial charge in [-0.2, -0.15) is 0 Å². The zero-order valence-corrected chi connectivity index (χ0v) is 19.2. The van der Waals surface area contributed by atoms with E-state index in [1.165, 1.54) is 11.8 Å². The average molecular weight is 480 g/mol. The monoisotopic (exact) mass is 479 g/mol. The number of hydrogen-bond donors (Lipinski definition) is 1. The Morgan fingerprint density at radius 2 is 2.11 bits per heavy atom. The molecule has 5 nitrogen and oxygen atoms in total. The van der Waals surface area contributed by atoms with Gasteiger partial charge in [0, 0.05) is 15.9 Å². The molecule has 3 aromatic rings. The van der Waals surface area contributed by atoms with Crippen molar-refractivity contribution in [3.8, 4) is 0 Å². The molecule has 1 amide bonds. The van der Waals surface area contributed by atoms with E-state index in [9.17, 15) is 9.59 Å². The highest BCUT2D eigenvalue weighted by atomic mass is 79.9. The van der Waals surface area contributed by atoms with Crippen molar-refractivity contribution in [1.82, 2.24) is 14.9 Å². The van der Waals surface area contributed by atoms with Gasteiger partial charge in [-0.3, -0.25) is 14.2 Å². The Bertz CT molecular complexity index is 1030. The predicted octanol–water partition coefficient (Wildman–Crippen LogP) is 4.85. The summed E-state index contributed by atoms with van der Waals surface area (Å²) in [4.78, 5) is 31.2. The lowest BCUT2D eigenvalue weighted by Gasteiger charge is -2.16. The Morgan fingerprint density at radius 1 is 1.32 bits per heavy atom. The molecule has 0 fully saturated rings. The van der Waals surface area contributed by atoms with E-state index in [4.69, 9.17) is 0 Å². The van der Waals surface area contributed by atoms with Crippen LogP contribution in [0.4, 0.5) is 0 Å². The van der Waals surface area contributed by atoms with Crippen molar-refractivity contribution in [2.75, 3.05) is 5.75 Å². The number of aromatic nitrogens is 2. The number of thioether (sulfide) groups is 1. The molecule has 0 bridgehead atoms. The molecule has 3 rings (SSSR count). The summed E-state index contributed by atoms with van der Waals surface area (Å²) in [5.41, 5.74) is 0.568. The Hall–Kier alpha value is -1.64. The van der Waals surface area contributed by atoms with E-state index in [1.807, 2.05) is 36.6 Å². The third-order valence-corrected chi connectivity index (χ3v) is 6.63. The van der Waals surface area contributed by atoms with Crippen LogP contribution in [0.5, 0.6) is 0 Å². The molecule has 2 heterocycles. The Balaban J connectivity index is 1.82. The van der Waals surface area contributed by atoms with Crippen molar-refractivity contribution in [3.05, 3.63) is 55.4 Å². The largest absolute Gasteiger partial charge is 0.348 e. The first-order valence-electron chi connectivity index (χ1n) is 9.01. The van der Waals surface area contributed by atoms with E-state index in [2.05, 4.69) is 40.1 Å². The van der Waals surface area contributed by atoms with E-state index >= 15 is 0 Å². The topological polar surface area (TPSA) is 64.0 Å². The molecule has 2 aromatic heterocycles. The lowest BCUT2D eigenvalue weighted by molar-refractivity contribution is -0.119. The van der Waals surface area contributed by atoms with E-state index in [0.29, 0.717) is 22.6 Å². The van der Waals surface area contributed by atoms with E-state index in [0.717, 1.165) is 9.35 Å². The first kappa shape index (κ1) is 21.1. The normalized spacial score (nSPS) is 12.5. The molecule has 0 aliphatic heterocycles. The Morgan fingerprint density at radius 3 is 2.79 bits per heavy atom. The molecule has 0 saturated heterocycles. The van der Waals surface area contributed by atoms with Crippen LogP contribution in [0, 0.1) is 5.92 Å². The molecule has 1 atom stereocenters. The number of amides is 1. The number of fused-ring (bicyclic) bond motifs is 1. The second-order valence-electron chi connectivity index (χ2n) is 6.96. The smallest absolute Gasteiger partial charge is 0.262 e. The van der Waals surface area contributed by atoms with Gasteiger partial charge in [0.1, 0.15) is 0 Å². The molecule has 8 heteroatoms. The van der Waals surface area contributed by atoms with Crippen LogP contribution >= 0.6 is 39.0 Å². The van der Waals surface area contributed by atoms with Crippen molar-refractivity contribution < 1.29 is 4.79 Å². The van der Waals surface area contributed by atoms with Crippen molar-refractivity contribution >= 4 is 55.8 Å². The standard InChI is InChI=1S/C20H22BrN3O2S2/c1-12(2)10-24-19(26)15-9-14(21)6-7-16(15)23-20(24)28-11-18(25)22-13(3)17-5-4-8-27-17/h4-9,12-13H,10-11H2,1-3H3,(H,22,25). The number of halogens is 1. The van der Waals surface area contributed by atoms with Crippen LogP contribution in [-0.2, 0) is 11.3 Å². The minimum Gasteiger partial charge on any atom is -0.348 e. The van der Waals surface area contributed by atoms with Crippen LogP contribution in [0.1, 0.15) is 31.7 Å². The molecule has 0 saturated carbocycles.